The van der Waals surface area contributed by atoms with Gasteiger partial charge in [-0.2, -0.15) is 0 Å². The molecule has 0 fully saturated rings. The SMILES string of the molecule is COCCOCCCNc1cc(OC)ccc1C(=O)O. The van der Waals surface area contributed by atoms with Crippen LogP contribution in [0.4, 0.5) is 5.69 Å². The first kappa shape index (κ1) is 16.3. The van der Waals surface area contributed by atoms with Gasteiger partial charge in [0, 0.05) is 26.3 Å². The molecule has 0 atom stereocenters. The molecule has 0 unspecified atom stereocenters. The molecule has 0 saturated carbocycles. The molecule has 20 heavy (non-hydrogen) atoms. The minimum Gasteiger partial charge on any atom is -0.497 e. The minimum absolute atomic E-state index is 0.228. The number of hydrogen-bond acceptors (Lipinski definition) is 5. The molecule has 2 N–H and O–H groups in total. The summed E-state index contributed by atoms with van der Waals surface area (Å²) >= 11 is 0. The van der Waals surface area contributed by atoms with Gasteiger partial charge in [-0.3, -0.25) is 0 Å². The molecule has 0 bridgehead atoms. The fraction of sp³-hybridized carbons (Fsp3) is 0.500. The van der Waals surface area contributed by atoms with E-state index >= 15 is 0 Å². The van der Waals surface area contributed by atoms with Crippen molar-refractivity contribution in [2.45, 2.75) is 6.42 Å². The molecular weight excluding hydrogens is 262 g/mol. The predicted molar refractivity (Wildman–Crippen MR) is 75.8 cm³/mol. The zero-order valence-electron chi connectivity index (χ0n) is 11.8. The maximum atomic E-state index is 11.1. The fourth-order valence-corrected chi connectivity index (χ4v) is 1.62. The normalized spacial score (nSPS) is 10.3. The number of carbonyl (C=O) groups is 1. The van der Waals surface area contributed by atoms with Crippen LogP contribution in [0.3, 0.4) is 0 Å². The van der Waals surface area contributed by atoms with Crippen LogP contribution in [0.5, 0.6) is 5.75 Å². The van der Waals surface area contributed by atoms with E-state index in [9.17, 15) is 4.79 Å². The highest BCUT2D eigenvalue weighted by molar-refractivity contribution is 5.94. The minimum atomic E-state index is -0.966. The summed E-state index contributed by atoms with van der Waals surface area (Å²) in [4.78, 5) is 11.1. The number of benzene rings is 1. The zero-order valence-corrected chi connectivity index (χ0v) is 11.8. The van der Waals surface area contributed by atoms with Gasteiger partial charge >= 0.3 is 5.97 Å². The van der Waals surface area contributed by atoms with Gasteiger partial charge in [0.1, 0.15) is 5.75 Å². The third-order valence-corrected chi connectivity index (χ3v) is 2.67. The summed E-state index contributed by atoms with van der Waals surface area (Å²) < 4.78 is 15.3. The Morgan fingerprint density at radius 2 is 2.05 bits per heavy atom. The van der Waals surface area contributed by atoms with Crippen LogP contribution in [0.15, 0.2) is 18.2 Å². The second-order valence-electron chi connectivity index (χ2n) is 4.10. The highest BCUT2D eigenvalue weighted by Gasteiger charge is 2.10. The van der Waals surface area contributed by atoms with Gasteiger partial charge in [-0.1, -0.05) is 0 Å². The van der Waals surface area contributed by atoms with Crippen LogP contribution >= 0.6 is 0 Å². The maximum absolute atomic E-state index is 11.1. The van der Waals surface area contributed by atoms with Gasteiger partial charge in [-0.25, -0.2) is 4.79 Å². The molecule has 0 aliphatic rings. The van der Waals surface area contributed by atoms with Crippen LogP contribution < -0.4 is 10.1 Å². The average molecular weight is 283 g/mol. The Morgan fingerprint density at radius 3 is 2.70 bits per heavy atom. The molecule has 0 heterocycles. The van der Waals surface area contributed by atoms with E-state index in [1.165, 1.54) is 6.07 Å². The lowest BCUT2D eigenvalue weighted by Crippen LogP contribution is -2.11. The van der Waals surface area contributed by atoms with Crippen LogP contribution in [0.1, 0.15) is 16.8 Å². The lowest BCUT2D eigenvalue weighted by Gasteiger charge is -2.11. The first-order chi connectivity index (χ1) is 9.69. The van der Waals surface area contributed by atoms with Gasteiger partial charge in [0.05, 0.1) is 31.6 Å². The Hall–Kier alpha value is -1.79. The standard InChI is InChI=1S/C14H21NO5/c1-18-8-9-20-7-3-6-15-13-10-11(19-2)4-5-12(13)14(16)17/h4-5,10,15H,3,6-9H2,1-2H3,(H,16,17). The summed E-state index contributed by atoms with van der Waals surface area (Å²) in [7, 11) is 3.17. The summed E-state index contributed by atoms with van der Waals surface area (Å²) in [5.74, 6) is -0.347. The van der Waals surface area contributed by atoms with Crippen LogP contribution in [-0.4, -0.2) is 51.7 Å². The number of ether oxygens (including phenoxy) is 3. The van der Waals surface area contributed by atoms with Crippen LogP contribution in [0.2, 0.25) is 0 Å². The van der Waals surface area contributed by atoms with Gasteiger partial charge in [-0.15, -0.1) is 0 Å². The zero-order chi connectivity index (χ0) is 14.8. The van der Waals surface area contributed by atoms with Crippen molar-refractivity contribution >= 4 is 11.7 Å². The maximum Gasteiger partial charge on any atom is 0.337 e. The van der Waals surface area contributed by atoms with E-state index in [4.69, 9.17) is 19.3 Å². The number of hydrogen-bond donors (Lipinski definition) is 2. The molecule has 6 heteroatoms. The largest absolute Gasteiger partial charge is 0.497 e. The first-order valence-corrected chi connectivity index (χ1v) is 6.41. The molecule has 0 aliphatic heterocycles. The Kier molecular flexibility index (Phi) is 7.46. The van der Waals surface area contributed by atoms with Crippen molar-refractivity contribution in [3.05, 3.63) is 23.8 Å². The second-order valence-corrected chi connectivity index (χ2v) is 4.10. The van der Waals surface area contributed by atoms with E-state index in [0.29, 0.717) is 37.8 Å². The van der Waals surface area contributed by atoms with Crippen molar-refractivity contribution < 1.29 is 24.1 Å². The van der Waals surface area contributed by atoms with Crippen LogP contribution in [0, 0.1) is 0 Å². The Balaban J connectivity index is 2.43. The third kappa shape index (κ3) is 5.46. The van der Waals surface area contributed by atoms with Gasteiger partial charge in [0.25, 0.3) is 0 Å². The van der Waals surface area contributed by atoms with Gasteiger partial charge in [0.2, 0.25) is 0 Å². The van der Waals surface area contributed by atoms with Crippen molar-refractivity contribution in [2.24, 2.45) is 0 Å². The van der Waals surface area contributed by atoms with Crippen molar-refractivity contribution in [2.75, 3.05) is 45.9 Å². The Labute approximate surface area is 118 Å². The van der Waals surface area contributed by atoms with Crippen molar-refractivity contribution in [3.8, 4) is 5.75 Å². The number of methoxy groups -OCH3 is 2. The number of nitrogens with one attached hydrogen (secondary N) is 1. The molecule has 0 aliphatic carbocycles. The summed E-state index contributed by atoms with van der Waals surface area (Å²) in [6, 6.07) is 4.83. The second kappa shape index (κ2) is 9.17. The number of rotatable bonds is 10. The van der Waals surface area contributed by atoms with E-state index in [0.717, 1.165) is 6.42 Å². The third-order valence-electron chi connectivity index (χ3n) is 2.67. The molecule has 0 radical (unpaired) electrons. The molecular formula is C14H21NO5. The fourth-order valence-electron chi connectivity index (χ4n) is 1.62. The monoisotopic (exact) mass is 283 g/mol. The first-order valence-electron chi connectivity index (χ1n) is 6.41. The molecule has 6 nitrogen and oxygen atoms in total. The lowest BCUT2D eigenvalue weighted by atomic mass is 10.1. The number of anilines is 1. The van der Waals surface area contributed by atoms with E-state index in [2.05, 4.69) is 5.32 Å². The van der Waals surface area contributed by atoms with E-state index in [1.807, 2.05) is 0 Å². The van der Waals surface area contributed by atoms with Crippen molar-refractivity contribution in [3.63, 3.8) is 0 Å². The molecule has 0 spiro atoms. The lowest BCUT2D eigenvalue weighted by molar-refractivity contribution is 0.0697. The van der Waals surface area contributed by atoms with Gasteiger partial charge in [-0.05, 0) is 18.6 Å². The summed E-state index contributed by atoms with van der Waals surface area (Å²) in [6.45, 7) is 2.37. The topological polar surface area (TPSA) is 77.0 Å². The van der Waals surface area contributed by atoms with E-state index < -0.39 is 5.97 Å². The molecule has 1 rings (SSSR count). The highest BCUT2D eigenvalue weighted by atomic mass is 16.5. The molecule has 1 aromatic rings. The average Bonchev–Trinajstić information content (AvgIpc) is 2.45. The van der Waals surface area contributed by atoms with Crippen molar-refractivity contribution in [1.29, 1.82) is 0 Å². The van der Waals surface area contributed by atoms with Gasteiger partial charge in [0.15, 0.2) is 0 Å². The van der Waals surface area contributed by atoms with Crippen LogP contribution in [0.25, 0.3) is 0 Å². The van der Waals surface area contributed by atoms with E-state index in [1.54, 1.807) is 26.4 Å². The summed E-state index contributed by atoms with van der Waals surface area (Å²) in [6.07, 6.45) is 0.778. The summed E-state index contributed by atoms with van der Waals surface area (Å²) in [5, 5.41) is 12.2. The smallest absolute Gasteiger partial charge is 0.337 e. The molecule has 0 amide bonds. The quantitative estimate of drug-likeness (QED) is 0.638. The summed E-state index contributed by atoms with van der Waals surface area (Å²) in [5.41, 5.74) is 0.778. The van der Waals surface area contributed by atoms with Crippen molar-refractivity contribution in [1.82, 2.24) is 0 Å². The van der Waals surface area contributed by atoms with E-state index in [-0.39, 0.29) is 5.56 Å². The molecule has 112 valence electrons. The highest BCUT2D eigenvalue weighted by Crippen LogP contribution is 2.22. The molecule has 0 saturated heterocycles. The molecule has 1 aromatic carbocycles. The number of aromatic carboxylic acids is 1. The Morgan fingerprint density at radius 1 is 1.25 bits per heavy atom. The van der Waals surface area contributed by atoms with Crippen LogP contribution in [-0.2, 0) is 9.47 Å². The number of carboxylic acids is 1. The molecule has 0 aromatic heterocycles. The number of carboxylic acid groups (broad SMARTS) is 1. The van der Waals surface area contributed by atoms with Gasteiger partial charge < -0.3 is 24.6 Å². The predicted octanol–water partition coefficient (Wildman–Crippen LogP) is 1.86. The Bertz CT molecular complexity index is 422.